The molecule has 1 N–H and O–H groups in total. The van der Waals surface area contributed by atoms with Crippen LogP contribution in [0.1, 0.15) is 0 Å². The van der Waals surface area contributed by atoms with Gasteiger partial charge in [0.05, 0.1) is 0 Å². The van der Waals surface area contributed by atoms with Gasteiger partial charge in [0.2, 0.25) is 5.95 Å². The Kier molecular flexibility index (Phi) is 4.62. The largest absolute Gasteiger partial charge is 0.378 e. The predicted molar refractivity (Wildman–Crippen MR) is 95.8 cm³/mol. The highest BCUT2D eigenvalue weighted by molar-refractivity contribution is 5.59. The molecule has 122 valence electrons. The molecule has 2 aromatic rings. The van der Waals surface area contributed by atoms with E-state index in [1.807, 2.05) is 38.5 Å². The number of aromatic nitrogens is 2. The van der Waals surface area contributed by atoms with Gasteiger partial charge in [-0.15, -0.1) is 0 Å². The second-order valence-electron chi connectivity index (χ2n) is 6.10. The van der Waals surface area contributed by atoms with E-state index in [2.05, 4.69) is 49.2 Å². The van der Waals surface area contributed by atoms with Crippen LogP contribution in [0.15, 0.2) is 36.5 Å². The van der Waals surface area contributed by atoms with Gasteiger partial charge in [0, 0.05) is 57.8 Å². The van der Waals surface area contributed by atoms with E-state index in [1.54, 1.807) is 0 Å². The number of piperazine rings is 1. The summed E-state index contributed by atoms with van der Waals surface area (Å²) < 4.78 is 0. The van der Waals surface area contributed by atoms with E-state index in [1.165, 1.54) is 5.69 Å². The van der Waals surface area contributed by atoms with Crippen molar-refractivity contribution in [2.24, 2.45) is 0 Å². The first kappa shape index (κ1) is 15.6. The molecule has 1 saturated heterocycles. The third-order valence-corrected chi connectivity index (χ3v) is 4.11. The van der Waals surface area contributed by atoms with Crippen molar-refractivity contribution in [3.05, 3.63) is 36.5 Å². The lowest BCUT2D eigenvalue weighted by molar-refractivity contribution is 0.312. The third-order valence-electron chi connectivity index (χ3n) is 4.11. The minimum absolute atomic E-state index is 0.638. The van der Waals surface area contributed by atoms with Crippen LogP contribution in [0.2, 0.25) is 0 Å². The first-order valence-corrected chi connectivity index (χ1v) is 7.93. The summed E-state index contributed by atoms with van der Waals surface area (Å²) in [6.07, 6.45) is 1.82. The summed E-state index contributed by atoms with van der Waals surface area (Å²) in [6, 6.07) is 10.2. The Balaban J connectivity index is 1.70. The summed E-state index contributed by atoms with van der Waals surface area (Å²) in [4.78, 5) is 15.7. The second-order valence-corrected chi connectivity index (χ2v) is 6.10. The van der Waals surface area contributed by atoms with Crippen LogP contribution in [0.4, 0.5) is 23.1 Å². The fraction of sp³-hybridized carbons (Fsp3) is 0.412. The molecule has 1 aromatic carbocycles. The standard InChI is InChI=1S/C17H24N6/c1-21(2)15-6-4-14(5-7-15)19-17-18-9-8-16(20-17)23-12-10-22(3)11-13-23/h4-9H,10-13H2,1-3H3,(H,18,19,20). The van der Waals surface area contributed by atoms with Gasteiger partial charge in [-0.2, -0.15) is 4.98 Å². The van der Waals surface area contributed by atoms with Gasteiger partial charge in [-0.1, -0.05) is 0 Å². The lowest BCUT2D eigenvalue weighted by Gasteiger charge is -2.33. The van der Waals surface area contributed by atoms with E-state index in [0.717, 1.165) is 37.7 Å². The Morgan fingerprint density at radius 1 is 1.00 bits per heavy atom. The molecule has 1 aliphatic rings. The van der Waals surface area contributed by atoms with Crippen molar-refractivity contribution in [1.82, 2.24) is 14.9 Å². The minimum Gasteiger partial charge on any atom is -0.378 e. The van der Waals surface area contributed by atoms with Gasteiger partial charge in [0.1, 0.15) is 5.82 Å². The predicted octanol–water partition coefficient (Wildman–Crippen LogP) is 2.04. The Bertz CT molecular complexity index is 632. The molecule has 1 fully saturated rings. The monoisotopic (exact) mass is 312 g/mol. The molecule has 2 heterocycles. The molecule has 1 aromatic heterocycles. The van der Waals surface area contributed by atoms with Crippen molar-refractivity contribution in [2.75, 3.05) is 62.4 Å². The normalized spacial score (nSPS) is 15.5. The maximum Gasteiger partial charge on any atom is 0.229 e. The second kappa shape index (κ2) is 6.83. The fourth-order valence-corrected chi connectivity index (χ4v) is 2.59. The van der Waals surface area contributed by atoms with Crippen molar-refractivity contribution in [1.29, 1.82) is 0 Å². The van der Waals surface area contributed by atoms with Crippen LogP contribution >= 0.6 is 0 Å². The van der Waals surface area contributed by atoms with Gasteiger partial charge >= 0.3 is 0 Å². The van der Waals surface area contributed by atoms with E-state index in [0.29, 0.717) is 5.95 Å². The van der Waals surface area contributed by atoms with Crippen molar-refractivity contribution >= 4 is 23.1 Å². The Hall–Kier alpha value is -2.34. The van der Waals surface area contributed by atoms with Crippen LogP contribution in [0.5, 0.6) is 0 Å². The lowest BCUT2D eigenvalue weighted by atomic mass is 10.2. The maximum atomic E-state index is 4.65. The van der Waals surface area contributed by atoms with Crippen molar-refractivity contribution < 1.29 is 0 Å². The lowest BCUT2D eigenvalue weighted by Crippen LogP contribution is -2.44. The first-order valence-electron chi connectivity index (χ1n) is 7.93. The number of likely N-dealkylation sites (N-methyl/N-ethyl adjacent to an activating group) is 1. The molecule has 6 nitrogen and oxygen atoms in total. The van der Waals surface area contributed by atoms with Crippen molar-refractivity contribution in [3.8, 4) is 0 Å². The van der Waals surface area contributed by atoms with Crippen molar-refractivity contribution in [2.45, 2.75) is 0 Å². The highest BCUT2D eigenvalue weighted by atomic mass is 15.3. The third kappa shape index (κ3) is 3.90. The molecule has 0 radical (unpaired) electrons. The van der Waals surface area contributed by atoms with Gasteiger partial charge in [0.25, 0.3) is 0 Å². The van der Waals surface area contributed by atoms with Crippen LogP contribution in [-0.4, -0.2) is 62.2 Å². The molecule has 23 heavy (non-hydrogen) atoms. The molecule has 0 spiro atoms. The van der Waals surface area contributed by atoms with Crippen LogP contribution in [0, 0.1) is 0 Å². The van der Waals surface area contributed by atoms with Gasteiger partial charge in [0.15, 0.2) is 0 Å². The van der Waals surface area contributed by atoms with Crippen LogP contribution in [0.25, 0.3) is 0 Å². The number of nitrogens with one attached hydrogen (secondary N) is 1. The molecular weight excluding hydrogens is 288 g/mol. The maximum absolute atomic E-state index is 4.65. The first-order chi connectivity index (χ1) is 11.1. The molecular formula is C17H24N6. The zero-order valence-corrected chi connectivity index (χ0v) is 14.0. The van der Waals surface area contributed by atoms with E-state index in [4.69, 9.17) is 0 Å². The van der Waals surface area contributed by atoms with Gasteiger partial charge < -0.3 is 20.0 Å². The average Bonchev–Trinajstić information content (AvgIpc) is 2.56. The summed E-state index contributed by atoms with van der Waals surface area (Å²) in [5, 5.41) is 3.28. The molecule has 0 aliphatic carbocycles. The molecule has 1 aliphatic heterocycles. The van der Waals surface area contributed by atoms with Crippen LogP contribution in [-0.2, 0) is 0 Å². The number of hydrogen-bond acceptors (Lipinski definition) is 6. The number of anilines is 4. The van der Waals surface area contributed by atoms with Gasteiger partial charge in [-0.05, 0) is 37.4 Å². The Morgan fingerprint density at radius 3 is 2.35 bits per heavy atom. The molecule has 0 saturated carbocycles. The van der Waals surface area contributed by atoms with Gasteiger partial charge in [-0.3, -0.25) is 0 Å². The molecule has 3 rings (SSSR count). The number of rotatable bonds is 4. The minimum atomic E-state index is 0.638. The van der Waals surface area contributed by atoms with Crippen molar-refractivity contribution in [3.63, 3.8) is 0 Å². The van der Waals surface area contributed by atoms with E-state index >= 15 is 0 Å². The number of benzene rings is 1. The fourth-order valence-electron chi connectivity index (χ4n) is 2.59. The van der Waals surface area contributed by atoms with E-state index in [-0.39, 0.29) is 0 Å². The van der Waals surface area contributed by atoms with Gasteiger partial charge in [-0.25, -0.2) is 4.98 Å². The highest BCUT2D eigenvalue weighted by Gasteiger charge is 2.15. The molecule has 0 amide bonds. The summed E-state index contributed by atoms with van der Waals surface area (Å²) in [5.74, 6) is 1.62. The zero-order valence-electron chi connectivity index (χ0n) is 14.0. The smallest absolute Gasteiger partial charge is 0.229 e. The zero-order chi connectivity index (χ0) is 16.2. The molecule has 0 atom stereocenters. The van der Waals surface area contributed by atoms with E-state index < -0.39 is 0 Å². The summed E-state index contributed by atoms with van der Waals surface area (Å²) >= 11 is 0. The molecule has 6 heteroatoms. The van der Waals surface area contributed by atoms with Crippen LogP contribution in [0.3, 0.4) is 0 Å². The molecule has 0 bridgehead atoms. The molecule has 0 unspecified atom stereocenters. The summed E-state index contributed by atoms with van der Waals surface area (Å²) in [5.41, 5.74) is 2.16. The highest BCUT2D eigenvalue weighted by Crippen LogP contribution is 2.20. The SMILES string of the molecule is CN1CCN(c2ccnc(Nc3ccc(N(C)C)cc3)n2)CC1. The number of hydrogen-bond donors (Lipinski definition) is 1. The summed E-state index contributed by atoms with van der Waals surface area (Å²) in [7, 11) is 6.22. The topological polar surface area (TPSA) is 47.5 Å². The quantitative estimate of drug-likeness (QED) is 0.932. The Morgan fingerprint density at radius 2 is 1.70 bits per heavy atom. The number of nitrogens with zero attached hydrogens (tertiary/aromatic N) is 5. The summed E-state index contributed by atoms with van der Waals surface area (Å²) in [6.45, 7) is 4.15. The Labute approximate surface area is 137 Å². The van der Waals surface area contributed by atoms with E-state index in [9.17, 15) is 0 Å². The average molecular weight is 312 g/mol. The van der Waals surface area contributed by atoms with Crippen LogP contribution < -0.4 is 15.1 Å².